The summed E-state index contributed by atoms with van der Waals surface area (Å²) in [6.07, 6.45) is 0. The average Bonchev–Trinajstić information content (AvgIpc) is 2.82. The molecule has 0 aliphatic heterocycles. The van der Waals surface area contributed by atoms with Crippen molar-refractivity contribution in [3.05, 3.63) is 49.0 Å². The van der Waals surface area contributed by atoms with Gasteiger partial charge in [-0.05, 0) is 46.2 Å². The molecule has 0 aliphatic carbocycles. The summed E-state index contributed by atoms with van der Waals surface area (Å²) in [4.78, 5) is 3.62. The first kappa shape index (κ1) is 16.0. The normalized spacial score (nSPS) is 10.8. The summed E-state index contributed by atoms with van der Waals surface area (Å²) in [6.45, 7) is 4.94. The van der Waals surface area contributed by atoms with Gasteiger partial charge in [-0.1, -0.05) is 28.9 Å². The highest BCUT2D eigenvalue weighted by Crippen LogP contribution is 2.26. The molecule has 0 radical (unpaired) electrons. The molecule has 0 atom stereocenters. The summed E-state index contributed by atoms with van der Waals surface area (Å²) in [5, 5.41) is 5.47. The van der Waals surface area contributed by atoms with E-state index in [1.54, 1.807) is 11.3 Å². The summed E-state index contributed by atoms with van der Waals surface area (Å²) in [6, 6.07) is 8.73. The van der Waals surface area contributed by atoms with Crippen LogP contribution in [0.15, 0.2) is 38.6 Å². The third-order valence-corrected chi connectivity index (χ3v) is 5.48. The highest BCUT2D eigenvalue weighted by atomic mass is 79.9. The molecule has 0 saturated carbocycles. The number of hydrogen-bond donors (Lipinski definition) is 1. The van der Waals surface area contributed by atoms with Gasteiger partial charge in [0.25, 0.3) is 0 Å². The molecular weight excluding hydrogens is 400 g/mol. The van der Waals surface area contributed by atoms with Gasteiger partial charge < -0.3 is 10.2 Å². The highest BCUT2D eigenvalue weighted by molar-refractivity contribution is 9.10. The predicted octanol–water partition coefficient (Wildman–Crippen LogP) is 5.02. The van der Waals surface area contributed by atoms with Gasteiger partial charge in [0, 0.05) is 38.5 Å². The molecule has 20 heavy (non-hydrogen) atoms. The first-order valence-electron chi connectivity index (χ1n) is 6.53. The number of nitrogens with one attached hydrogen (secondary N) is 1. The van der Waals surface area contributed by atoms with Crippen molar-refractivity contribution in [3.63, 3.8) is 0 Å². The van der Waals surface area contributed by atoms with E-state index in [0.717, 1.165) is 28.6 Å². The summed E-state index contributed by atoms with van der Waals surface area (Å²) < 4.78 is 2.32. The minimum Gasteiger partial charge on any atom is -0.369 e. The number of halogens is 2. The predicted molar refractivity (Wildman–Crippen MR) is 95.6 cm³/mol. The van der Waals surface area contributed by atoms with Crippen LogP contribution in [-0.4, -0.2) is 13.6 Å². The van der Waals surface area contributed by atoms with Gasteiger partial charge in [0.2, 0.25) is 0 Å². The largest absolute Gasteiger partial charge is 0.369 e. The first-order valence-corrected chi connectivity index (χ1v) is 9.00. The fourth-order valence-electron chi connectivity index (χ4n) is 1.94. The molecule has 1 aromatic carbocycles. The van der Waals surface area contributed by atoms with Crippen molar-refractivity contribution in [1.29, 1.82) is 0 Å². The van der Waals surface area contributed by atoms with E-state index in [1.165, 1.54) is 16.1 Å². The van der Waals surface area contributed by atoms with E-state index in [1.807, 2.05) is 0 Å². The molecule has 5 heteroatoms. The highest BCUT2D eigenvalue weighted by Gasteiger charge is 2.07. The average molecular weight is 418 g/mol. The van der Waals surface area contributed by atoms with E-state index < -0.39 is 0 Å². The van der Waals surface area contributed by atoms with Crippen molar-refractivity contribution in [2.75, 3.05) is 18.5 Å². The topological polar surface area (TPSA) is 15.3 Å². The molecule has 0 amide bonds. The Morgan fingerprint density at radius 1 is 1.25 bits per heavy atom. The van der Waals surface area contributed by atoms with Gasteiger partial charge in [-0.2, -0.15) is 0 Å². The zero-order valence-corrected chi connectivity index (χ0v) is 15.6. The second-order valence-corrected chi connectivity index (χ2v) is 7.41. The lowest BCUT2D eigenvalue weighted by molar-refractivity contribution is 0.724. The Kier molecular flexibility index (Phi) is 6.08. The van der Waals surface area contributed by atoms with Crippen LogP contribution in [0.2, 0.25) is 0 Å². The van der Waals surface area contributed by atoms with Crippen molar-refractivity contribution in [1.82, 2.24) is 5.32 Å². The molecule has 0 bridgehead atoms. The van der Waals surface area contributed by atoms with E-state index in [9.17, 15) is 0 Å². The Morgan fingerprint density at radius 3 is 2.65 bits per heavy atom. The van der Waals surface area contributed by atoms with Gasteiger partial charge in [-0.15, -0.1) is 11.3 Å². The second-order valence-electron chi connectivity index (χ2n) is 4.64. The third kappa shape index (κ3) is 4.32. The molecule has 2 nitrogen and oxygen atoms in total. The van der Waals surface area contributed by atoms with E-state index in [4.69, 9.17) is 0 Å². The Bertz CT molecular complexity index is 569. The van der Waals surface area contributed by atoms with Crippen LogP contribution in [0.25, 0.3) is 0 Å². The van der Waals surface area contributed by atoms with Crippen LogP contribution in [0.5, 0.6) is 0 Å². The molecular formula is C15H18Br2N2S. The minimum atomic E-state index is 0.902. The quantitative estimate of drug-likeness (QED) is 0.709. The summed E-state index contributed by atoms with van der Waals surface area (Å²) in [5.41, 5.74) is 2.52. The maximum atomic E-state index is 3.66. The lowest BCUT2D eigenvalue weighted by Crippen LogP contribution is -2.16. The van der Waals surface area contributed by atoms with Crippen molar-refractivity contribution < 1.29 is 0 Å². The van der Waals surface area contributed by atoms with Gasteiger partial charge in [0.1, 0.15) is 0 Å². The number of anilines is 1. The molecule has 0 unspecified atom stereocenters. The molecule has 0 spiro atoms. The lowest BCUT2D eigenvalue weighted by atomic mass is 10.2. The third-order valence-electron chi connectivity index (χ3n) is 3.06. The van der Waals surface area contributed by atoms with Gasteiger partial charge in [0.15, 0.2) is 0 Å². The van der Waals surface area contributed by atoms with Crippen LogP contribution in [-0.2, 0) is 13.1 Å². The van der Waals surface area contributed by atoms with Gasteiger partial charge >= 0.3 is 0 Å². The summed E-state index contributed by atoms with van der Waals surface area (Å²) >= 11 is 8.95. The fourth-order valence-corrected chi connectivity index (χ4v) is 3.95. The SMILES string of the molecule is CCNCc1ccc(N(C)Cc2cc(Br)cs2)cc1Br. The maximum absolute atomic E-state index is 3.66. The van der Waals surface area contributed by atoms with Crippen molar-refractivity contribution in [3.8, 4) is 0 Å². The Hall–Kier alpha value is -0.360. The van der Waals surface area contributed by atoms with E-state index in [-0.39, 0.29) is 0 Å². The molecule has 2 rings (SSSR count). The van der Waals surface area contributed by atoms with Gasteiger partial charge in [-0.25, -0.2) is 0 Å². The Labute approximate surface area is 141 Å². The molecule has 2 aromatic rings. The molecule has 0 saturated heterocycles. The Balaban J connectivity index is 2.06. The fraction of sp³-hybridized carbons (Fsp3) is 0.333. The van der Waals surface area contributed by atoms with Crippen molar-refractivity contribution >= 4 is 48.9 Å². The zero-order chi connectivity index (χ0) is 14.5. The number of hydrogen-bond acceptors (Lipinski definition) is 3. The summed E-state index contributed by atoms with van der Waals surface area (Å²) in [7, 11) is 2.12. The number of benzene rings is 1. The molecule has 108 valence electrons. The van der Waals surface area contributed by atoms with E-state index >= 15 is 0 Å². The van der Waals surface area contributed by atoms with E-state index in [2.05, 4.69) is 85.7 Å². The minimum absolute atomic E-state index is 0.902. The van der Waals surface area contributed by atoms with Crippen LogP contribution in [0.3, 0.4) is 0 Å². The van der Waals surface area contributed by atoms with Crippen LogP contribution >= 0.6 is 43.2 Å². The van der Waals surface area contributed by atoms with Crippen LogP contribution in [0, 0.1) is 0 Å². The van der Waals surface area contributed by atoms with Crippen LogP contribution in [0.1, 0.15) is 17.4 Å². The van der Waals surface area contributed by atoms with E-state index in [0.29, 0.717) is 0 Å². The maximum Gasteiger partial charge on any atom is 0.0519 e. The molecule has 1 N–H and O–H groups in total. The zero-order valence-electron chi connectivity index (χ0n) is 11.6. The monoisotopic (exact) mass is 416 g/mol. The number of nitrogens with zero attached hydrogens (tertiary/aromatic N) is 1. The van der Waals surface area contributed by atoms with Crippen molar-refractivity contribution in [2.24, 2.45) is 0 Å². The van der Waals surface area contributed by atoms with Crippen LogP contribution in [0.4, 0.5) is 5.69 Å². The van der Waals surface area contributed by atoms with Crippen LogP contribution < -0.4 is 10.2 Å². The van der Waals surface area contributed by atoms with Gasteiger partial charge in [0.05, 0.1) is 6.54 Å². The summed E-state index contributed by atoms with van der Waals surface area (Å²) in [5.74, 6) is 0. The van der Waals surface area contributed by atoms with Gasteiger partial charge in [-0.3, -0.25) is 0 Å². The molecule has 0 aliphatic rings. The number of thiophene rings is 1. The molecule has 1 aromatic heterocycles. The second kappa shape index (κ2) is 7.59. The smallest absolute Gasteiger partial charge is 0.0519 e. The molecule has 0 fully saturated rings. The first-order chi connectivity index (χ1) is 9.60. The standard InChI is InChI=1S/C15H18Br2N2S/c1-3-18-8-11-4-5-13(7-15(11)17)19(2)9-14-6-12(16)10-20-14/h4-7,10,18H,3,8-9H2,1-2H3. The van der Waals surface area contributed by atoms with Crippen molar-refractivity contribution in [2.45, 2.75) is 20.0 Å². The lowest BCUT2D eigenvalue weighted by Gasteiger charge is -2.19. The number of rotatable bonds is 6. The molecule has 1 heterocycles. The Morgan fingerprint density at radius 2 is 2.05 bits per heavy atom.